The Labute approximate surface area is 379 Å². The smallest absolute Gasteiger partial charge is 0.362 e. The summed E-state index contributed by atoms with van der Waals surface area (Å²) in [6, 6.07) is -0.626. The highest BCUT2D eigenvalue weighted by molar-refractivity contribution is 5.72. The summed E-state index contributed by atoms with van der Waals surface area (Å²) in [4.78, 5) is 37.1. The number of unbranched alkanes of at least 4 members (excludes halogenated alkanes) is 12. The lowest BCUT2D eigenvalue weighted by atomic mass is 10.1. The average molecular weight is 865 g/mol. The number of nitrogens with zero attached hydrogens (tertiary/aromatic N) is 1. The molecular formula is C54H90NO7+. The first-order valence-corrected chi connectivity index (χ1v) is 24.3. The van der Waals surface area contributed by atoms with Gasteiger partial charge in [0.2, 0.25) is 0 Å². The second-order valence-corrected chi connectivity index (χ2v) is 17.0. The van der Waals surface area contributed by atoms with Crippen molar-refractivity contribution in [2.75, 3.05) is 41.0 Å². The van der Waals surface area contributed by atoms with E-state index in [0.717, 1.165) is 116 Å². The lowest BCUT2D eigenvalue weighted by Gasteiger charge is -2.31. The number of hydrogen-bond acceptors (Lipinski definition) is 6. The van der Waals surface area contributed by atoms with E-state index in [9.17, 15) is 19.5 Å². The molecule has 1 N–H and O–H groups in total. The fourth-order valence-electron chi connectivity index (χ4n) is 6.54. The fourth-order valence-corrected chi connectivity index (χ4v) is 6.54. The first kappa shape index (κ1) is 58.2. The van der Waals surface area contributed by atoms with Crippen molar-refractivity contribution >= 4 is 17.9 Å². The Morgan fingerprint density at radius 3 is 1.26 bits per heavy atom. The SMILES string of the molecule is CC/C=C/C/C=C/C/C=C/C/C=C/C/C=C/CCCCCCCCC(=O)OC(COCCC(C(=O)O)[N+](C)(C)C)COC(=O)CCCCCCCC/C=C/C/C=C/C/C=C/CC. The molecule has 0 spiro atoms. The molecule has 2 atom stereocenters. The van der Waals surface area contributed by atoms with Crippen molar-refractivity contribution in [2.45, 2.75) is 187 Å². The lowest BCUT2D eigenvalue weighted by molar-refractivity contribution is -0.887. The summed E-state index contributed by atoms with van der Waals surface area (Å²) in [5.41, 5.74) is 0. The van der Waals surface area contributed by atoms with Gasteiger partial charge in [-0.05, 0) is 89.9 Å². The fraction of sp³-hybridized carbons (Fsp3) is 0.648. The van der Waals surface area contributed by atoms with Crippen molar-refractivity contribution in [3.63, 3.8) is 0 Å². The number of esters is 2. The number of rotatable bonds is 42. The molecule has 8 heteroatoms. The van der Waals surface area contributed by atoms with Gasteiger partial charge in [-0.15, -0.1) is 0 Å². The van der Waals surface area contributed by atoms with Crippen LogP contribution in [0.3, 0.4) is 0 Å². The van der Waals surface area contributed by atoms with Crippen LogP contribution in [0.1, 0.15) is 174 Å². The molecule has 0 aliphatic rings. The molecule has 8 nitrogen and oxygen atoms in total. The Morgan fingerprint density at radius 1 is 0.484 bits per heavy atom. The number of likely N-dealkylation sites (N-methyl/N-ethyl adjacent to an activating group) is 1. The van der Waals surface area contributed by atoms with E-state index in [1.165, 1.54) is 25.7 Å². The van der Waals surface area contributed by atoms with Crippen LogP contribution in [0.15, 0.2) is 97.2 Å². The minimum absolute atomic E-state index is 0.0446. The monoisotopic (exact) mass is 865 g/mol. The summed E-state index contributed by atoms with van der Waals surface area (Å²) in [5.74, 6) is -1.51. The molecule has 0 aromatic heterocycles. The molecular weight excluding hydrogens is 775 g/mol. The number of quaternary nitrogens is 1. The maximum atomic E-state index is 12.8. The van der Waals surface area contributed by atoms with E-state index in [2.05, 4.69) is 111 Å². The number of carbonyl (C=O) groups excluding carboxylic acids is 2. The zero-order valence-corrected chi connectivity index (χ0v) is 40.0. The van der Waals surface area contributed by atoms with Crippen molar-refractivity contribution < 1.29 is 38.2 Å². The van der Waals surface area contributed by atoms with Gasteiger partial charge in [-0.25, -0.2) is 4.79 Å². The number of carboxylic acids is 1. The third kappa shape index (κ3) is 41.6. The van der Waals surface area contributed by atoms with Crippen LogP contribution in [0.4, 0.5) is 0 Å². The van der Waals surface area contributed by atoms with Gasteiger partial charge in [-0.1, -0.05) is 162 Å². The van der Waals surface area contributed by atoms with Crippen LogP contribution in [0.25, 0.3) is 0 Å². The van der Waals surface area contributed by atoms with E-state index in [1.54, 1.807) is 0 Å². The zero-order chi connectivity index (χ0) is 45.6. The molecule has 0 radical (unpaired) electrons. The first-order chi connectivity index (χ1) is 30.1. The lowest BCUT2D eigenvalue weighted by Crippen LogP contribution is -2.50. The second kappa shape index (κ2) is 43.9. The van der Waals surface area contributed by atoms with Gasteiger partial charge in [0.15, 0.2) is 12.1 Å². The van der Waals surface area contributed by atoms with Gasteiger partial charge in [0, 0.05) is 19.3 Å². The Morgan fingerprint density at radius 2 is 0.855 bits per heavy atom. The molecule has 0 amide bonds. The van der Waals surface area contributed by atoms with Gasteiger partial charge in [0.1, 0.15) is 6.61 Å². The minimum atomic E-state index is -0.884. The number of allylic oxidation sites excluding steroid dienone is 16. The molecule has 0 saturated carbocycles. The Balaban J connectivity index is 4.35. The number of hydrogen-bond donors (Lipinski definition) is 1. The minimum Gasteiger partial charge on any atom is -0.477 e. The van der Waals surface area contributed by atoms with Crippen LogP contribution < -0.4 is 0 Å². The number of ether oxygens (including phenoxy) is 3. The maximum Gasteiger partial charge on any atom is 0.362 e. The van der Waals surface area contributed by atoms with Crippen molar-refractivity contribution in [1.82, 2.24) is 0 Å². The Bertz CT molecular complexity index is 1330. The van der Waals surface area contributed by atoms with E-state index >= 15 is 0 Å². The normalized spacial score (nSPS) is 13.8. The van der Waals surface area contributed by atoms with Crippen molar-refractivity contribution in [2.24, 2.45) is 0 Å². The van der Waals surface area contributed by atoms with Crippen LogP contribution >= 0.6 is 0 Å². The van der Waals surface area contributed by atoms with Crippen molar-refractivity contribution in [1.29, 1.82) is 0 Å². The average Bonchev–Trinajstić information content (AvgIpc) is 3.23. The van der Waals surface area contributed by atoms with E-state index in [1.807, 2.05) is 21.1 Å². The summed E-state index contributed by atoms with van der Waals surface area (Å²) in [6.07, 6.45) is 58.8. The predicted molar refractivity (Wildman–Crippen MR) is 261 cm³/mol. The first-order valence-electron chi connectivity index (χ1n) is 24.3. The van der Waals surface area contributed by atoms with Gasteiger partial charge < -0.3 is 23.8 Å². The second-order valence-electron chi connectivity index (χ2n) is 17.0. The summed E-state index contributed by atoms with van der Waals surface area (Å²) < 4.78 is 17.3. The summed E-state index contributed by atoms with van der Waals surface area (Å²) in [5, 5.41) is 9.64. The van der Waals surface area contributed by atoms with E-state index in [-0.39, 0.29) is 36.2 Å². The zero-order valence-electron chi connectivity index (χ0n) is 40.0. The molecule has 2 unspecified atom stereocenters. The molecule has 0 bridgehead atoms. The molecule has 0 aromatic rings. The molecule has 0 saturated heterocycles. The molecule has 0 aromatic carbocycles. The van der Waals surface area contributed by atoms with Gasteiger partial charge in [0.25, 0.3) is 0 Å². The predicted octanol–water partition coefficient (Wildman–Crippen LogP) is 13.9. The van der Waals surface area contributed by atoms with Crippen molar-refractivity contribution in [3.8, 4) is 0 Å². The van der Waals surface area contributed by atoms with E-state index < -0.39 is 18.1 Å². The maximum absolute atomic E-state index is 12.8. The quantitative estimate of drug-likeness (QED) is 0.0282. The van der Waals surface area contributed by atoms with Crippen molar-refractivity contribution in [3.05, 3.63) is 97.2 Å². The highest BCUT2D eigenvalue weighted by Gasteiger charge is 2.31. The van der Waals surface area contributed by atoms with Gasteiger partial charge in [-0.3, -0.25) is 9.59 Å². The summed E-state index contributed by atoms with van der Waals surface area (Å²) in [7, 11) is 5.51. The van der Waals surface area contributed by atoms with Crippen LogP contribution in [-0.2, 0) is 28.6 Å². The third-order valence-electron chi connectivity index (χ3n) is 10.2. The van der Waals surface area contributed by atoms with Gasteiger partial charge in [0.05, 0.1) is 34.4 Å². The molecule has 352 valence electrons. The number of carbonyl (C=O) groups is 3. The molecule has 0 fully saturated rings. The molecule has 0 aliphatic carbocycles. The highest BCUT2D eigenvalue weighted by Crippen LogP contribution is 2.13. The van der Waals surface area contributed by atoms with Crippen LogP contribution in [-0.4, -0.2) is 80.6 Å². The Kier molecular flexibility index (Phi) is 41.2. The van der Waals surface area contributed by atoms with E-state index in [4.69, 9.17) is 14.2 Å². The van der Waals surface area contributed by atoms with E-state index in [0.29, 0.717) is 19.3 Å². The third-order valence-corrected chi connectivity index (χ3v) is 10.2. The standard InChI is InChI=1S/C54H89NO7/c1-6-8-10-12-14-16-18-20-22-24-25-26-27-28-29-31-33-35-37-39-41-43-45-53(57)62-50(48-60-47-46-51(54(58)59)55(3,4)5)49-61-52(56)44-42-40-38-36-34-32-30-23-21-19-17-15-13-11-9-7-2/h8-11,14-17,20-23,25-26,28-29,50-51H,6-7,12-13,18-19,24,27,30-49H2,1-5H3/p+1/b10-8+,11-9+,16-14+,17-15+,22-20+,23-21+,26-25+,29-28+. The summed E-state index contributed by atoms with van der Waals surface area (Å²) in [6.45, 7) is 4.47. The Hall–Kier alpha value is -3.75. The number of carboxylic acid groups (broad SMARTS) is 1. The highest BCUT2D eigenvalue weighted by atomic mass is 16.6. The van der Waals surface area contributed by atoms with Gasteiger partial charge in [-0.2, -0.15) is 0 Å². The summed E-state index contributed by atoms with van der Waals surface area (Å²) >= 11 is 0. The molecule has 62 heavy (non-hydrogen) atoms. The number of aliphatic carboxylic acids is 1. The topological polar surface area (TPSA) is 99.1 Å². The molecule has 0 aliphatic heterocycles. The van der Waals surface area contributed by atoms with Crippen LogP contribution in [0.2, 0.25) is 0 Å². The molecule has 0 heterocycles. The van der Waals surface area contributed by atoms with Gasteiger partial charge >= 0.3 is 17.9 Å². The largest absolute Gasteiger partial charge is 0.477 e. The van der Waals surface area contributed by atoms with Crippen LogP contribution in [0, 0.1) is 0 Å². The van der Waals surface area contributed by atoms with Crippen LogP contribution in [0.5, 0.6) is 0 Å². The molecule has 0 rings (SSSR count).